The highest BCUT2D eigenvalue weighted by Crippen LogP contribution is 2.30. The van der Waals surface area contributed by atoms with Gasteiger partial charge in [0.1, 0.15) is 0 Å². The Morgan fingerprint density at radius 3 is 2.26 bits per heavy atom. The van der Waals surface area contributed by atoms with E-state index in [0.29, 0.717) is 18.4 Å². The standard InChI is InChI=1S/C11H12N2O4.C11H9NO5/c1-17-11(14)5-10-9-3-2-8(13(15)16)4-7(9)6-12-10;1-17-11(14)5-3-8-2-4-10(12(15)16)6-9(8)7-13/h2-4,10,12H,5-6H2,1H3;2-7H,1H3/b;5-3+. The van der Waals surface area contributed by atoms with Crippen LogP contribution >= 0.6 is 0 Å². The topological polar surface area (TPSA) is 168 Å². The smallest absolute Gasteiger partial charge is 0.330 e. The lowest BCUT2D eigenvalue weighted by Crippen LogP contribution is -2.17. The highest BCUT2D eigenvalue weighted by molar-refractivity contribution is 5.90. The summed E-state index contributed by atoms with van der Waals surface area (Å²) in [7, 11) is 2.57. The van der Waals surface area contributed by atoms with Crippen LogP contribution in [0.5, 0.6) is 0 Å². The molecule has 0 fully saturated rings. The molecule has 0 bridgehead atoms. The van der Waals surface area contributed by atoms with Crippen LogP contribution in [0.3, 0.4) is 0 Å². The van der Waals surface area contributed by atoms with Crippen LogP contribution in [0.1, 0.15) is 39.5 Å². The normalized spacial score (nSPS) is 13.9. The number of nitrogens with zero attached hydrogens (tertiary/aromatic N) is 2. The number of benzene rings is 2. The molecule has 34 heavy (non-hydrogen) atoms. The highest BCUT2D eigenvalue weighted by atomic mass is 16.6. The van der Waals surface area contributed by atoms with Crippen molar-refractivity contribution < 1.29 is 33.7 Å². The van der Waals surface area contributed by atoms with Crippen LogP contribution in [0, 0.1) is 20.2 Å². The fourth-order valence-corrected chi connectivity index (χ4v) is 3.13. The highest BCUT2D eigenvalue weighted by Gasteiger charge is 2.26. The molecule has 1 atom stereocenters. The van der Waals surface area contributed by atoms with Crippen molar-refractivity contribution in [2.45, 2.75) is 19.0 Å². The minimum absolute atomic E-state index is 0.0734. The van der Waals surface area contributed by atoms with Crippen molar-refractivity contribution in [1.82, 2.24) is 5.32 Å². The van der Waals surface area contributed by atoms with Gasteiger partial charge in [0, 0.05) is 48.5 Å². The van der Waals surface area contributed by atoms with Crippen molar-refractivity contribution in [1.29, 1.82) is 0 Å². The molecule has 0 radical (unpaired) electrons. The molecule has 0 aromatic heterocycles. The second-order valence-electron chi connectivity index (χ2n) is 6.90. The van der Waals surface area contributed by atoms with Crippen LogP contribution in [0.2, 0.25) is 0 Å². The number of hydrogen-bond acceptors (Lipinski definition) is 10. The fraction of sp³-hybridized carbons (Fsp3) is 0.227. The molecule has 0 saturated heterocycles. The summed E-state index contributed by atoms with van der Waals surface area (Å²) < 4.78 is 8.99. The summed E-state index contributed by atoms with van der Waals surface area (Å²) in [6.07, 6.45) is 3.22. The quantitative estimate of drug-likeness (QED) is 0.208. The third-order valence-electron chi connectivity index (χ3n) is 4.86. The molecule has 0 amide bonds. The first-order valence-corrected chi connectivity index (χ1v) is 9.77. The van der Waals surface area contributed by atoms with Gasteiger partial charge in [-0.25, -0.2) is 4.79 Å². The molecular formula is C22H21N3O9. The number of carbonyl (C=O) groups is 3. The summed E-state index contributed by atoms with van der Waals surface area (Å²) in [6, 6.07) is 8.37. The second-order valence-corrected chi connectivity index (χ2v) is 6.90. The van der Waals surface area contributed by atoms with Crippen LogP contribution in [0.25, 0.3) is 6.08 Å². The summed E-state index contributed by atoms with van der Waals surface area (Å²) in [5, 5.41) is 24.2. The molecule has 12 nitrogen and oxygen atoms in total. The number of non-ortho nitro benzene ring substituents is 2. The molecule has 0 saturated carbocycles. The molecule has 2 aromatic rings. The third kappa shape index (κ3) is 6.77. The number of aldehydes is 1. The number of methoxy groups -OCH3 is 2. The van der Waals surface area contributed by atoms with E-state index in [-0.39, 0.29) is 35.4 Å². The molecule has 178 valence electrons. The lowest BCUT2D eigenvalue weighted by atomic mass is 10.0. The van der Waals surface area contributed by atoms with Crippen molar-refractivity contribution in [3.05, 3.63) is 85.0 Å². The largest absolute Gasteiger partial charge is 0.469 e. The van der Waals surface area contributed by atoms with Gasteiger partial charge in [0.05, 0.1) is 30.5 Å². The predicted octanol–water partition coefficient (Wildman–Crippen LogP) is 2.90. The zero-order valence-electron chi connectivity index (χ0n) is 18.3. The van der Waals surface area contributed by atoms with Crippen molar-refractivity contribution in [3.63, 3.8) is 0 Å². The molecule has 1 aliphatic rings. The lowest BCUT2D eigenvalue weighted by molar-refractivity contribution is -0.385. The molecule has 1 aliphatic heterocycles. The summed E-state index contributed by atoms with van der Waals surface area (Å²) >= 11 is 0. The Bertz CT molecular complexity index is 1140. The van der Waals surface area contributed by atoms with Crippen molar-refractivity contribution in [3.8, 4) is 0 Å². The van der Waals surface area contributed by atoms with Gasteiger partial charge in [0.15, 0.2) is 6.29 Å². The van der Waals surface area contributed by atoms with E-state index in [0.717, 1.165) is 23.3 Å². The van der Waals surface area contributed by atoms with E-state index in [4.69, 9.17) is 0 Å². The summed E-state index contributed by atoms with van der Waals surface area (Å²) in [5.74, 6) is -0.867. The van der Waals surface area contributed by atoms with Crippen molar-refractivity contribution in [2.24, 2.45) is 0 Å². The molecule has 3 rings (SSSR count). The van der Waals surface area contributed by atoms with Gasteiger partial charge in [-0.1, -0.05) is 6.07 Å². The molecule has 1 heterocycles. The number of nitro groups is 2. The molecule has 12 heteroatoms. The van der Waals surface area contributed by atoms with Crippen LogP contribution in [0.4, 0.5) is 11.4 Å². The molecule has 0 aliphatic carbocycles. The molecule has 0 spiro atoms. The number of nitro benzene ring substituents is 2. The Hall–Kier alpha value is -4.45. The minimum Gasteiger partial charge on any atom is -0.469 e. The van der Waals surface area contributed by atoms with Crippen LogP contribution in [0.15, 0.2) is 42.5 Å². The number of hydrogen-bond donors (Lipinski definition) is 1. The number of nitrogens with one attached hydrogen (secondary N) is 1. The van der Waals surface area contributed by atoms with Crippen LogP contribution in [-0.2, 0) is 25.6 Å². The van der Waals surface area contributed by atoms with Crippen LogP contribution < -0.4 is 5.32 Å². The van der Waals surface area contributed by atoms with Gasteiger partial charge >= 0.3 is 11.9 Å². The van der Waals surface area contributed by atoms with Gasteiger partial charge < -0.3 is 14.8 Å². The van der Waals surface area contributed by atoms with E-state index >= 15 is 0 Å². The van der Waals surface area contributed by atoms with Gasteiger partial charge in [-0.2, -0.15) is 0 Å². The monoisotopic (exact) mass is 471 g/mol. The molecular weight excluding hydrogens is 450 g/mol. The Morgan fingerprint density at radius 2 is 1.68 bits per heavy atom. The number of fused-ring (bicyclic) bond motifs is 1. The fourth-order valence-electron chi connectivity index (χ4n) is 3.13. The first-order valence-electron chi connectivity index (χ1n) is 9.77. The molecule has 2 aromatic carbocycles. The second kappa shape index (κ2) is 12.0. The third-order valence-corrected chi connectivity index (χ3v) is 4.86. The molecule has 1 N–H and O–H groups in total. The van der Waals surface area contributed by atoms with Gasteiger partial charge in [0.25, 0.3) is 11.4 Å². The Morgan fingerprint density at radius 1 is 1.03 bits per heavy atom. The molecule has 1 unspecified atom stereocenters. The van der Waals surface area contributed by atoms with E-state index in [9.17, 15) is 34.6 Å². The van der Waals surface area contributed by atoms with E-state index < -0.39 is 15.8 Å². The van der Waals surface area contributed by atoms with Crippen molar-refractivity contribution in [2.75, 3.05) is 14.2 Å². The van der Waals surface area contributed by atoms with Gasteiger partial charge in [-0.15, -0.1) is 0 Å². The summed E-state index contributed by atoms with van der Waals surface area (Å²) in [4.78, 5) is 52.9. The number of esters is 2. The Kier molecular flexibility index (Phi) is 9.08. The number of rotatable bonds is 7. The maximum atomic E-state index is 11.2. The van der Waals surface area contributed by atoms with Gasteiger partial charge in [-0.3, -0.25) is 29.8 Å². The first kappa shape index (κ1) is 25.8. The van der Waals surface area contributed by atoms with E-state index in [1.165, 1.54) is 38.5 Å². The predicted molar refractivity (Wildman–Crippen MR) is 119 cm³/mol. The number of ether oxygens (including phenoxy) is 2. The average Bonchev–Trinajstić information content (AvgIpc) is 3.24. The first-order chi connectivity index (χ1) is 16.2. The Labute approximate surface area is 193 Å². The lowest BCUT2D eigenvalue weighted by Gasteiger charge is -2.09. The van der Waals surface area contributed by atoms with E-state index in [1.807, 2.05) is 0 Å². The summed E-state index contributed by atoms with van der Waals surface area (Å²) in [6.45, 7) is 0.540. The Balaban J connectivity index is 0.000000240. The van der Waals surface area contributed by atoms with Gasteiger partial charge in [0.2, 0.25) is 0 Å². The SMILES string of the molecule is COC(=O)/C=C/c1ccc([N+](=O)[O-])cc1C=O.COC(=O)CC1NCc2cc([N+](=O)[O-])ccc21. The van der Waals surface area contributed by atoms with Crippen LogP contribution in [-0.4, -0.2) is 42.3 Å². The maximum Gasteiger partial charge on any atom is 0.330 e. The van der Waals surface area contributed by atoms with Gasteiger partial charge in [-0.05, 0) is 28.8 Å². The van der Waals surface area contributed by atoms with E-state index in [2.05, 4.69) is 14.8 Å². The summed E-state index contributed by atoms with van der Waals surface area (Å²) in [5.41, 5.74) is 2.25. The zero-order chi connectivity index (χ0) is 25.3. The maximum absolute atomic E-state index is 11.2. The van der Waals surface area contributed by atoms with E-state index in [1.54, 1.807) is 12.1 Å². The number of carbonyl (C=O) groups excluding carboxylic acids is 3. The zero-order valence-corrected chi connectivity index (χ0v) is 18.3. The average molecular weight is 471 g/mol. The van der Waals surface area contributed by atoms with Crippen molar-refractivity contribution >= 4 is 35.7 Å². The minimum atomic E-state index is -0.596.